The Morgan fingerprint density at radius 3 is 2.71 bits per heavy atom. The van der Waals surface area contributed by atoms with Gasteiger partial charge in [-0.3, -0.25) is 4.79 Å². The van der Waals surface area contributed by atoms with Crippen LogP contribution in [0, 0.1) is 5.41 Å². The Kier molecular flexibility index (Phi) is 3.93. The van der Waals surface area contributed by atoms with Crippen LogP contribution in [0.5, 0.6) is 0 Å². The molecule has 0 spiro atoms. The molecule has 0 radical (unpaired) electrons. The molecule has 82 valence electrons. The van der Waals surface area contributed by atoms with Crippen molar-refractivity contribution in [3.05, 3.63) is 0 Å². The molecule has 3 nitrogen and oxygen atoms in total. The number of carboxylic acids is 1. The lowest BCUT2D eigenvalue weighted by atomic mass is 9.90. The second-order valence-electron chi connectivity index (χ2n) is 4.60. The summed E-state index contributed by atoms with van der Waals surface area (Å²) in [7, 11) is 0. The van der Waals surface area contributed by atoms with E-state index in [4.69, 9.17) is 5.11 Å². The van der Waals surface area contributed by atoms with Crippen molar-refractivity contribution >= 4 is 5.97 Å². The van der Waals surface area contributed by atoms with Crippen molar-refractivity contribution in [3.8, 4) is 0 Å². The molecule has 1 aliphatic heterocycles. The van der Waals surface area contributed by atoms with Crippen LogP contribution in [0.25, 0.3) is 0 Å². The second-order valence-corrected chi connectivity index (χ2v) is 4.60. The molecule has 1 fully saturated rings. The topological polar surface area (TPSA) is 40.5 Å². The van der Waals surface area contributed by atoms with E-state index in [-0.39, 0.29) is 0 Å². The highest BCUT2D eigenvalue weighted by Crippen LogP contribution is 2.30. The first-order valence-electron chi connectivity index (χ1n) is 5.54. The van der Waals surface area contributed by atoms with E-state index in [0.717, 1.165) is 26.1 Å². The third-order valence-corrected chi connectivity index (χ3v) is 3.15. The number of unbranched alkanes of at least 4 members (excludes halogenated alkanes) is 2. The Hall–Kier alpha value is -0.570. The summed E-state index contributed by atoms with van der Waals surface area (Å²) in [5.74, 6) is -0.643. The molecule has 0 bridgehead atoms. The fraction of sp³-hybridized carbons (Fsp3) is 0.909. The molecular formula is C11H21NO2. The molecule has 14 heavy (non-hydrogen) atoms. The van der Waals surface area contributed by atoms with Gasteiger partial charge in [-0.25, -0.2) is 0 Å². The lowest BCUT2D eigenvalue weighted by Crippen LogP contribution is -2.32. The minimum atomic E-state index is -0.643. The Labute approximate surface area is 86.1 Å². The zero-order valence-corrected chi connectivity index (χ0v) is 9.25. The zero-order chi connectivity index (χ0) is 10.6. The Morgan fingerprint density at radius 1 is 1.50 bits per heavy atom. The molecule has 1 unspecified atom stereocenters. The minimum Gasteiger partial charge on any atom is -0.481 e. The van der Waals surface area contributed by atoms with Gasteiger partial charge in [0.2, 0.25) is 0 Å². The van der Waals surface area contributed by atoms with Crippen molar-refractivity contribution in [1.29, 1.82) is 0 Å². The summed E-state index contributed by atoms with van der Waals surface area (Å²) in [6.45, 7) is 6.79. The third kappa shape index (κ3) is 2.71. The second kappa shape index (κ2) is 4.78. The van der Waals surface area contributed by atoms with Gasteiger partial charge in [0.15, 0.2) is 0 Å². The molecule has 0 aromatic rings. The number of rotatable bonds is 5. The molecule has 1 heterocycles. The predicted octanol–water partition coefficient (Wildman–Crippen LogP) is 1.97. The van der Waals surface area contributed by atoms with Crippen molar-refractivity contribution in [1.82, 2.24) is 4.90 Å². The van der Waals surface area contributed by atoms with Crippen molar-refractivity contribution < 1.29 is 9.90 Å². The van der Waals surface area contributed by atoms with E-state index in [1.54, 1.807) is 0 Å². The summed E-state index contributed by atoms with van der Waals surface area (Å²) < 4.78 is 0. The van der Waals surface area contributed by atoms with Crippen molar-refractivity contribution in [2.24, 2.45) is 5.41 Å². The standard InChI is InChI=1S/C11H21NO2/c1-3-4-5-7-12-8-6-11(2,9-12)10(13)14/h3-9H2,1-2H3,(H,13,14). The maximum absolute atomic E-state index is 11.0. The highest BCUT2D eigenvalue weighted by atomic mass is 16.4. The highest BCUT2D eigenvalue weighted by molar-refractivity contribution is 5.74. The molecule has 1 rings (SSSR count). The Bertz CT molecular complexity index is 205. The Balaban J connectivity index is 2.30. The molecule has 1 saturated heterocycles. The quantitative estimate of drug-likeness (QED) is 0.688. The van der Waals surface area contributed by atoms with Crippen LogP contribution in [0.3, 0.4) is 0 Å². The van der Waals surface area contributed by atoms with Gasteiger partial charge in [-0.05, 0) is 32.9 Å². The monoisotopic (exact) mass is 199 g/mol. The fourth-order valence-electron chi connectivity index (χ4n) is 2.01. The van der Waals surface area contributed by atoms with Crippen LogP contribution in [0.15, 0.2) is 0 Å². The van der Waals surface area contributed by atoms with Crippen LogP contribution in [0.1, 0.15) is 39.5 Å². The van der Waals surface area contributed by atoms with E-state index in [0.29, 0.717) is 0 Å². The Morgan fingerprint density at radius 2 is 2.21 bits per heavy atom. The number of hydrogen-bond acceptors (Lipinski definition) is 2. The van der Waals surface area contributed by atoms with E-state index in [1.807, 2.05) is 6.92 Å². The molecular weight excluding hydrogens is 178 g/mol. The lowest BCUT2D eigenvalue weighted by Gasteiger charge is -2.19. The smallest absolute Gasteiger partial charge is 0.310 e. The number of likely N-dealkylation sites (tertiary alicyclic amines) is 1. The molecule has 0 aromatic carbocycles. The van der Waals surface area contributed by atoms with Crippen LogP contribution in [-0.4, -0.2) is 35.6 Å². The minimum absolute atomic E-state index is 0.494. The van der Waals surface area contributed by atoms with Gasteiger partial charge in [-0.2, -0.15) is 0 Å². The van der Waals surface area contributed by atoms with Gasteiger partial charge in [-0.15, -0.1) is 0 Å². The molecule has 1 N–H and O–H groups in total. The normalized spacial score (nSPS) is 28.1. The summed E-state index contributed by atoms with van der Waals surface area (Å²) in [5, 5.41) is 9.04. The predicted molar refractivity (Wildman–Crippen MR) is 56.3 cm³/mol. The van der Waals surface area contributed by atoms with Crippen molar-refractivity contribution in [3.63, 3.8) is 0 Å². The molecule has 0 aromatic heterocycles. The molecule has 0 aliphatic carbocycles. The van der Waals surface area contributed by atoms with Crippen LogP contribution in [-0.2, 0) is 4.79 Å². The van der Waals surface area contributed by atoms with E-state index in [1.165, 1.54) is 19.3 Å². The molecule has 3 heteroatoms. The summed E-state index contributed by atoms with van der Waals surface area (Å²) in [6, 6.07) is 0. The first-order chi connectivity index (χ1) is 6.58. The van der Waals surface area contributed by atoms with Crippen LogP contribution >= 0.6 is 0 Å². The molecule has 0 saturated carbocycles. The number of hydrogen-bond donors (Lipinski definition) is 1. The largest absolute Gasteiger partial charge is 0.481 e. The molecule has 1 aliphatic rings. The lowest BCUT2D eigenvalue weighted by molar-refractivity contribution is -0.147. The first-order valence-corrected chi connectivity index (χ1v) is 5.54. The summed E-state index contributed by atoms with van der Waals surface area (Å²) >= 11 is 0. The summed E-state index contributed by atoms with van der Waals surface area (Å²) in [6.07, 6.45) is 4.48. The molecule has 0 amide bonds. The van der Waals surface area contributed by atoms with Crippen LogP contribution in [0.2, 0.25) is 0 Å². The average molecular weight is 199 g/mol. The van der Waals surface area contributed by atoms with Crippen LogP contribution < -0.4 is 0 Å². The van der Waals surface area contributed by atoms with E-state index in [2.05, 4.69) is 11.8 Å². The van der Waals surface area contributed by atoms with Crippen molar-refractivity contribution in [2.45, 2.75) is 39.5 Å². The van der Waals surface area contributed by atoms with Gasteiger partial charge in [0, 0.05) is 6.54 Å². The van der Waals surface area contributed by atoms with Crippen LogP contribution in [0.4, 0.5) is 0 Å². The maximum atomic E-state index is 11.0. The van der Waals surface area contributed by atoms with Gasteiger partial charge < -0.3 is 10.0 Å². The van der Waals surface area contributed by atoms with E-state index >= 15 is 0 Å². The zero-order valence-electron chi connectivity index (χ0n) is 9.25. The maximum Gasteiger partial charge on any atom is 0.310 e. The van der Waals surface area contributed by atoms with Gasteiger partial charge in [-0.1, -0.05) is 19.8 Å². The number of nitrogens with zero attached hydrogens (tertiary/aromatic N) is 1. The SMILES string of the molecule is CCCCCN1CCC(C)(C(=O)O)C1. The van der Waals surface area contributed by atoms with Gasteiger partial charge in [0.05, 0.1) is 5.41 Å². The average Bonchev–Trinajstić information content (AvgIpc) is 2.50. The highest BCUT2D eigenvalue weighted by Gasteiger charge is 2.39. The summed E-state index contributed by atoms with van der Waals surface area (Å²) in [5.41, 5.74) is -0.494. The molecule has 1 atom stereocenters. The van der Waals surface area contributed by atoms with E-state index < -0.39 is 11.4 Å². The van der Waals surface area contributed by atoms with Gasteiger partial charge in [0.1, 0.15) is 0 Å². The van der Waals surface area contributed by atoms with Crippen molar-refractivity contribution in [2.75, 3.05) is 19.6 Å². The first kappa shape index (κ1) is 11.5. The van der Waals surface area contributed by atoms with Gasteiger partial charge in [0.25, 0.3) is 0 Å². The number of aliphatic carboxylic acids is 1. The van der Waals surface area contributed by atoms with Gasteiger partial charge >= 0.3 is 5.97 Å². The number of carbonyl (C=O) groups is 1. The third-order valence-electron chi connectivity index (χ3n) is 3.15. The van der Waals surface area contributed by atoms with E-state index in [9.17, 15) is 4.79 Å². The number of carboxylic acid groups (broad SMARTS) is 1. The fourth-order valence-corrected chi connectivity index (χ4v) is 2.01. The summed E-state index contributed by atoms with van der Waals surface area (Å²) in [4.78, 5) is 13.3.